The van der Waals surface area contributed by atoms with E-state index >= 15 is 0 Å². The molecule has 0 spiro atoms. The maximum absolute atomic E-state index is 13.1. The van der Waals surface area contributed by atoms with Crippen LogP contribution in [0.2, 0.25) is 5.02 Å². The second-order valence-corrected chi connectivity index (χ2v) is 8.09. The molecule has 158 valence electrons. The number of halogens is 1. The Morgan fingerprint density at radius 1 is 0.968 bits per heavy atom. The van der Waals surface area contributed by atoms with Crippen LogP contribution in [0.3, 0.4) is 0 Å². The summed E-state index contributed by atoms with van der Waals surface area (Å²) in [6.45, 7) is 0.788. The Morgan fingerprint density at radius 2 is 1.71 bits per heavy atom. The number of carbonyl (C=O) groups excluding carboxylic acids is 2. The lowest BCUT2D eigenvalue weighted by molar-refractivity contribution is -0.140. The van der Waals surface area contributed by atoms with Crippen molar-refractivity contribution < 1.29 is 14.3 Å². The molecule has 1 aliphatic rings. The zero-order valence-corrected chi connectivity index (χ0v) is 17.7. The lowest BCUT2D eigenvalue weighted by Crippen LogP contribution is -2.51. The summed E-state index contributed by atoms with van der Waals surface area (Å²) < 4.78 is 5.86. The van der Waals surface area contributed by atoms with Crippen molar-refractivity contribution in [3.8, 4) is 5.75 Å². The molecule has 1 aliphatic heterocycles. The Balaban J connectivity index is 1.44. The van der Waals surface area contributed by atoms with Gasteiger partial charge in [-0.25, -0.2) is 0 Å². The molecular formula is C25H23ClN2O3. The number of hydrogen-bond donors (Lipinski definition) is 1. The Hall–Kier alpha value is -3.31. The van der Waals surface area contributed by atoms with Gasteiger partial charge in [-0.2, -0.15) is 0 Å². The summed E-state index contributed by atoms with van der Waals surface area (Å²) in [5, 5.41) is 0.680. The van der Waals surface area contributed by atoms with Crippen LogP contribution < -0.4 is 10.5 Å². The molecule has 5 nitrogen and oxygen atoms in total. The highest BCUT2D eigenvalue weighted by Crippen LogP contribution is 2.25. The van der Waals surface area contributed by atoms with Crippen molar-refractivity contribution in [3.05, 3.63) is 100 Å². The van der Waals surface area contributed by atoms with Crippen LogP contribution in [-0.2, 0) is 35.6 Å². The first-order valence-electron chi connectivity index (χ1n) is 10.1. The van der Waals surface area contributed by atoms with Crippen molar-refractivity contribution in [2.24, 2.45) is 5.73 Å². The number of amides is 2. The first-order valence-corrected chi connectivity index (χ1v) is 10.5. The molecule has 0 saturated carbocycles. The van der Waals surface area contributed by atoms with Gasteiger partial charge in [-0.05, 0) is 46.5 Å². The van der Waals surface area contributed by atoms with Gasteiger partial charge in [0.1, 0.15) is 18.4 Å². The maximum atomic E-state index is 13.1. The monoisotopic (exact) mass is 434 g/mol. The van der Waals surface area contributed by atoms with Crippen LogP contribution in [0.1, 0.15) is 22.3 Å². The van der Waals surface area contributed by atoms with Crippen LogP contribution >= 0.6 is 11.6 Å². The number of fused-ring (bicyclic) bond motifs is 1. The van der Waals surface area contributed by atoms with Gasteiger partial charge >= 0.3 is 0 Å². The highest BCUT2D eigenvalue weighted by Gasteiger charge is 2.33. The zero-order chi connectivity index (χ0) is 21.8. The molecule has 0 radical (unpaired) electrons. The second kappa shape index (κ2) is 9.23. The number of ether oxygens (including phenoxy) is 1. The third kappa shape index (κ3) is 5.06. The minimum absolute atomic E-state index is 0.131. The Kier molecular flexibility index (Phi) is 6.23. The summed E-state index contributed by atoms with van der Waals surface area (Å²) in [4.78, 5) is 26.7. The zero-order valence-electron chi connectivity index (χ0n) is 17.0. The van der Waals surface area contributed by atoms with E-state index in [1.165, 1.54) is 0 Å². The lowest BCUT2D eigenvalue weighted by Gasteiger charge is -2.35. The third-order valence-corrected chi connectivity index (χ3v) is 5.72. The molecule has 6 heteroatoms. The van der Waals surface area contributed by atoms with Crippen LogP contribution in [0, 0.1) is 0 Å². The quantitative estimate of drug-likeness (QED) is 0.639. The fourth-order valence-corrected chi connectivity index (χ4v) is 3.93. The van der Waals surface area contributed by atoms with Gasteiger partial charge in [0, 0.05) is 18.0 Å². The molecule has 0 unspecified atom stereocenters. The fraction of sp³-hybridized carbons (Fsp3) is 0.200. The minimum atomic E-state index is -0.633. The first-order chi connectivity index (χ1) is 15.0. The van der Waals surface area contributed by atoms with Gasteiger partial charge in [0.25, 0.3) is 0 Å². The number of hydrogen-bond acceptors (Lipinski definition) is 3. The molecule has 0 bridgehead atoms. The summed E-state index contributed by atoms with van der Waals surface area (Å²) in [5.41, 5.74) is 9.55. The topological polar surface area (TPSA) is 72.6 Å². The Morgan fingerprint density at radius 3 is 2.45 bits per heavy atom. The smallest absolute Gasteiger partial charge is 0.240 e. The maximum Gasteiger partial charge on any atom is 0.240 e. The van der Waals surface area contributed by atoms with Crippen molar-refractivity contribution in [1.29, 1.82) is 0 Å². The van der Waals surface area contributed by atoms with Crippen molar-refractivity contribution in [2.45, 2.75) is 32.0 Å². The molecule has 2 N–H and O–H groups in total. The molecule has 2 amide bonds. The number of rotatable bonds is 6. The molecule has 0 aliphatic carbocycles. The van der Waals surface area contributed by atoms with E-state index in [1.807, 2.05) is 72.8 Å². The summed E-state index contributed by atoms with van der Waals surface area (Å²) >= 11 is 5.91. The highest BCUT2D eigenvalue weighted by atomic mass is 35.5. The largest absolute Gasteiger partial charge is 0.489 e. The van der Waals surface area contributed by atoms with Crippen LogP contribution in [0.4, 0.5) is 0 Å². The van der Waals surface area contributed by atoms with Crippen LogP contribution in [0.25, 0.3) is 0 Å². The van der Waals surface area contributed by atoms with E-state index in [1.54, 1.807) is 4.90 Å². The molecule has 31 heavy (non-hydrogen) atoms. The van der Waals surface area contributed by atoms with Gasteiger partial charge in [-0.3, -0.25) is 9.59 Å². The summed E-state index contributed by atoms with van der Waals surface area (Å²) in [7, 11) is 0. The average Bonchev–Trinajstić information content (AvgIpc) is 2.78. The average molecular weight is 435 g/mol. The van der Waals surface area contributed by atoms with Crippen LogP contribution in [0.15, 0.2) is 72.8 Å². The molecule has 1 heterocycles. The van der Waals surface area contributed by atoms with Gasteiger partial charge in [0.05, 0.1) is 6.42 Å². The predicted octanol–water partition coefficient (Wildman–Crippen LogP) is 3.90. The number of nitrogens with two attached hydrogens (primary N) is 1. The summed E-state index contributed by atoms with van der Waals surface area (Å²) in [6.07, 6.45) is 0.617. The SMILES string of the molecule is NC(=O)[C@@H]1Cc2ccccc2CN1C(=O)Cc1cccc(OCc2ccc(Cl)cc2)c1. The molecule has 0 fully saturated rings. The Labute approximate surface area is 186 Å². The second-order valence-electron chi connectivity index (χ2n) is 7.65. The van der Waals surface area contributed by atoms with Crippen molar-refractivity contribution >= 4 is 23.4 Å². The van der Waals surface area contributed by atoms with E-state index in [2.05, 4.69) is 0 Å². The van der Waals surface area contributed by atoms with Gasteiger partial charge in [-0.15, -0.1) is 0 Å². The van der Waals surface area contributed by atoms with E-state index in [-0.39, 0.29) is 12.3 Å². The fourth-order valence-electron chi connectivity index (χ4n) is 3.81. The molecule has 0 saturated heterocycles. The van der Waals surface area contributed by atoms with Crippen LogP contribution in [0.5, 0.6) is 5.75 Å². The van der Waals surface area contributed by atoms with E-state index in [0.717, 1.165) is 22.3 Å². The third-order valence-electron chi connectivity index (χ3n) is 5.47. The van der Waals surface area contributed by atoms with E-state index in [9.17, 15) is 9.59 Å². The van der Waals surface area contributed by atoms with Gasteiger partial charge in [-0.1, -0.05) is 60.1 Å². The highest BCUT2D eigenvalue weighted by molar-refractivity contribution is 6.30. The molecule has 4 rings (SSSR count). The lowest BCUT2D eigenvalue weighted by atomic mass is 9.93. The molecule has 3 aromatic carbocycles. The Bertz CT molecular complexity index is 1100. The molecule has 3 aromatic rings. The van der Waals surface area contributed by atoms with Gasteiger partial charge in [0.2, 0.25) is 11.8 Å². The van der Waals surface area contributed by atoms with Crippen molar-refractivity contribution in [2.75, 3.05) is 0 Å². The number of nitrogens with zero attached hydrogens (tertiary/aromatic N) is 1. The number of benzene rings is 3. The molecular weight excluding hydrogens is 412 g/mol. The number of carbonyl (C=O) groups is 2. The van der Waals surface area contributed by atoms with Crippen molar-refractivity contribution in [3.63, 3.8) is 0 Å². The van der Waals surface area contributed by atoms with E-state index < -0.39 is 11.9 Å². The standard InChI is InChI=1S/C25H23ClN2O3/c26-21-10-8-17(9-11-21)16-31-22-7-3-4-18(12-22)13-24(29)28-15-20-6-2-1-5-19(20)14-23(28)25(27)30/h1-12,23H,13-16H2,(H2,27,30)/t23-/m0/s1. The summed E-state index contributed by atoms with van der Waals surface area (Å²) in [6, 6.07) is 22.1. The first kappa shape index (κ1) is 20.9. The van der Waals surface area contributed by atoms with E-state index in [0.29, 0.717) is 30.3 Å². The van der Waals surface area contributed by atoms with Crippen molar-refractivity contribution in [1.82, 2.24) is 4.90 Å². The minimum Gasteiger partial charge on any atom is -0.489 e. The number of primary amides is 1. The van der Waals surface area contributed by atoms with Gasteiger partial charge < -0.3 is 15.4 Å². The van der Waals surface area contributed by atoms with Crippen LogP contribution in [-0.4, -0.2) is 22.8 Å². The van der Waals surface area contributed by atoms with E-state index in [4.69, 9.17) is 22.1 Å². The molecule has 1 atom stereocenters. The normalized spacial score (nSPS) is 15.3. The predicted molar refractivity (Wildman–Crippen MR) is 120 cm³/mol. The molecule has 0 aromatic heterocycles. The van der Waals surface area contributed by atoms with Gasteiger partial charge in [0.15, 0.2) is 0 Å². The summed E-state index contributed by atoms with van der Waals surface area (Å²) in [5.74, 6) is 0.0618.